The van der Waals surface area contributed by atoms with Gasteiger partial charge in [-0.1, -0.05) is 26.2 Å². The third kappa shape index (κ3) is 5.78. The average molecular weight is 312 g/mol. The molecule has 0 radical (unpaired) electrons. The Bertz CT molecular complexity index is 379. The lowest BCUT2D eigenvalue weighted by atomic mass is 9.87. The molecule has 0 unspecified atom stereocenters. The van der Waals surface area contributed by atoms with Gasteiger partial charge in [-0.25, -0.2) is 0 Å². The fourth-order valence-electron chi connectivity index (χ4n) is 3.44. The molecule has 0 amide bonds. The molecule has 1 fully saturated rings. The second-order valence-corrected chi connectivity index (χ2v) is 6.27. The molecule has 0 aromatic heterocycles. The summed E-state index contributed by atoms with van der Waals surface area (Å²) in [6.07, 6.45) is 6.83. The second-order valence-electron chi connectivity index (χ2n) is 6.27. The molecule has 0 heterocycles. The molecule has 126 valence electrons. The molecule has 0 aromatic carbocycles. The average Bonchev–Trinajstić information content (AvgIpc) is 2.76. The van der Waals surface area contributed by atoms with Crippen LogP contribution in [0.2, 0.25) is 0 Å². The fraction of sp³-hybridized carbons (Fsp3) is 0.824. The molecule has 1 aliphatic carbocycles. The normalized spacial score (nSPS) is 27.4. The first kappa shape index (κ1) is 18.7. The van der Waals surface area contributed by atoms with Gasteiger partial charge in [0.1, 0.15) is 12.4 Å². The van der Waals surface area contributed by atoms with Crippen molar-refractivity contribution in [3.8, 4) is 0 Å². The van der Waals surface area contributed by atoms with E-state index in [-0.39, 0.29) is 35.8 Å². The van der Waals surface area contributed by atoms with Gasteiger partial charge in [-0.05, 0) is 25.2 Å². The van der Waals surface area contributed by atoms with Crippen LogP contribution in [0, 0.1) is 17.8 Å². The first-order valence-corrected chi connectivity index (χ1v) is 8.19. The number of carbonyl (C=O) groups excluding carboxylic acids is 3. The Kier molecular flexibility index (Phi) is 8.13. The maximum Gasteiger partial charge on any atom is 0.305 e. The Balaban J connectivity index is 2.34. The molecule has 0 aliphatic heterocycles. The van der Waals surface area contributed by atoms with Gasteiger partial charge >= 0.3 is 11.9 Å². The number of unbranched alkanes of at least 4 members (excludes halogenated alkanes) is 3. The molecule has 22 heavy (non-hydrogen) atoms. The largest absolute Gasteiger partial charge is 0.469 e. The molecule has 1 aliphatic rings. The van der Waals surface area contributed by atoms with Crippen LogP contribution < -0.4 is 0 Å². The molecule has 0 saturated heterocycles. The number of methoxy groups -OCH3 is 1. The number of hydrogen-bond acceptors (Lipinski definition) is 5. The lowest BCUT2D eigenvalue weighted by molar-refractivity contribution is -0.149. The van der Waals surface area contributed by atoms with Crippen molar-refractivity contribution in [1.82, 2.24) is 0 Å². The highest BCUT2D eigenvalue weighted by Crippen LogP contribution is 2.40. The van der Waals surface area contributed by atoms with E-state index in [2.05, 4.69) is 4.74 Å². The highest BCUT2D eigenvalue weighted by atomic mass is 16.5. The molecule has 0 aromatic rings. The maximum absolute atomic E-state index is 11.3. The van der Waals surface area contributed by atoms with Gasteiger partial charge in [-0.3, -0.25) is 9.59 Å². The van der Waals surface area contributed by atoms with E-state index in [1.807, 2.05) is 6.92 Å². The Labute approximate surface area is 132 Å². The number of rotatable bonds is 9. The predicted molar refractivity (Wildman–Crippen MR) is 82.1 cm³/mol. The Hall–Kier alpha value is -1.39. The van der Waals surface area contributed by atoms with Gasteiger partial charge in [0.15, 0.2) is 0 Å². The first-order chi connectivity index (χ1) is 10.5. The van der Waals surface area contributed by atoms with Crippen molar-refractivity contribution in [3.63, 3.8) is 0 Å². The Morgan fingerprint density at radius 2 is 1.86 bits per heavy atom. The summed E-state index contributed by atoms with van der Waals surface area (Å²) in [5.74, 6) is -0.0463. The van der Waals surface area contributed by atoms with E-state index >= 15 is 0 Å². The summed E-state index contributed by atoms with van der Waals surface area (Å²) in [6.45, 7) is 3.47. The summed E-state index contributed by atoms with van der Waals surface area (Å²) in [4.78, 5) is 33.5. The molecular formula is C17H28O5. The summed E-state index contributed by atoms with van der Waals surface area (Å²) >= 11 is 0. The monoisotopic (exact) mass is 312 g/mol. The van der Waals surface area contributed by atoms with Gasteiger partial charge in [-0.2, -0.15) is 0 Å². The summed E-state index contributed by atoms with van der Waals surface area (Å²) in [6, 6.07) is 0. The van der Waals surface area contributed by atoms with E-state index in [9.17, 15) is 14.4 Å². The van der Waals surface area contributed by atoms with E-state index in [1.165, 1.54) is 14.0 Å². The standard InChI is InChI=1S/C17H28O5/c1-12-10-16(22-13(2)19)14(15(12)11-18)8-6-4-5-7-9-17(20)21-3/h11-12,14-16H,4-10H2,1-3H3/t12-,14-,15+,16+/m1/s1. The molecular weight excluding hydrogens is 284 g/mol. The molecule has 1 saturated carbocycles. The van der Waals surface area contributed by atoms with Crippen molar-refractivity contribution in [2.75, 3.05) is 7.11 Å². The van der Waals surface area contributed by atoms with Crippen molar-refractivity contribution < 1.29 is 23.9 Å². The van der Waals surface area contributed by atoms with Crippen molar-refractivity contribution in [1.29, 1.82) is 0 Å². The summed E-state index contributed by atoms with van der Waals surface area (Å²) in [7, 11) is 1.40. The molecule has 4 atom stereocenters. The van der Waals surface area contributed by atoms with Crippen LogP contribution in [0.1, 0.15) is 58.8 Å². The van der Waals surface area contributed by atoms with Gasteiger partial charge < -0.3 is 14.3 Å². The Morgan fingerprint density at radius 1 is 1.18 bits per heavy atom. The lowest BCUT2D eigenvalue weighted by Gasteiger charge is -2.22. The smallest absolute Gasteiger partial charge is 0.305 e. The van der Waals surface area contributed by atoms with E-state index in [4.69, 9.17) is 4.74 Å². The number of carbonyl (C=O) groups is 3. The van der Waals surface area contributed by atoms with Crippen LogP contribution in [0.4, 0.5) is 0 Å². The predicted octanol–water partition coefficient (Wildman–Crippen LogP) is 2.90. The molecule has 0 N–H and O–H groups in total. The zero-order valence-corrected chi connectivity index (χ0v) is 13.9. The maximum atomic E-state index is 11.3. The minimum absolute atomic E-state index is 0.0144. The highest BCUT2D eigenvalue weighted by molar-refractivity contribution is 5.69. The minimum atomic E-state index is -0.271. The highest BCUT2D eigenvalue weighted by Gasteiger charge is 2.42. The first-order valence-electron chi connectivity index (χ1n) is 8.19. The van der Waals surface area contributed by atoms with E-state index in [0.29, 0.717) is 6.42 Å². The third-order valence-electron chi connectivity index (χ3n) is 4.60. The molecule has 0 spiro atoms. The summed E-state index contributed by atoms with van der Waals surface area (Å²) in [5.41, 5.74) is 0. The second kappa shape index (κ2) is 9.59. The van der Waals surface area contributed by atoms with Crippen LogP contribution >= 0.6 is 0 Å². The summed E-state index contributed by atoms with van der Waals surface area (Å²) in [5, 5.41) is 0. The van der Waals surface area contributed by atoms with Crippen LogP contribution in [0.15, 0.2) is 0 Å². The number of esters is 2. The molecule has 5 nitrogen and oxygen atoms in total. The van der Waals surface area contributed by atoms with Gasteiger partial charge in [0, 0.05) is 25.2 Å². The molecule has 1 rings (SSSR count). The third-order valence-corrected chi connectivity index (χ3v) is 4.60. The van der Waals surface area contributed by atoms with Crippen molar-refractivity contribution in [2.45, 2.75) is 64.9 Å². The van der Waals surface area contributed by atoms with E-state index in [1.54, 1.807) is 0 Å². The van der Waals surface area contributed by atoms with Gasteiger partial charge in [0.25, 0.3) is 0 Å². The van der Waals surface area contributed by atoms with Crippen LogP contribution in [-0.2, 0) is 23.9 Å². The van der Waals surface area contributed by atoms with E-state index in [0.717, 1.165) is 44.8 Å². The van der Waals surface area contributed by atoms with Gasteiger partial charge in [-0.15, -0.1) is 0 Å². The lowest BCUT2D eigenvalue weighted by Crippen LogP contribution is -2.25. The van der Waals surface area contributed by atoms with Crippen LogP contribution in [0.5, 0.6) is 0 Å². The molecule has 5 heteroatoms. The zero-order chi connectivity index (χ0) is 16.5. The minimum Gasteiger partial charge on any atom is -0.469 e. The topological polar surface area (TPSA) is 69.7 Å². The molecule has 0 bridgehead atoms. The van der Waals surface area contributed by atoms with E-state index < -0.39 is 0 Å². The van der Waals surface area contributed by atoms with Gasteiger partial charge in [0.2, 0.25) is 0 Å². The summed E-state index contributed by atoms with van der Waals surface area (Å²) < 4.78 is 9.99. The zero-order valence-electron chi connectivity index (χ0n) is 13.9. The Morgan fingerprint density at radius 3 is 2.45 bits per heavy atom. The number of ether oxygens (including phenoxy) is 2. The van der Waals surface area contributed by atoms with Gasteiger partial charge in [0.05, 0.1) is 7.11 Å². The van der Waals surface area contributed by atoms with Crippen LogP contribution in [0.3, 0.4) is 0 Å². The van der Waals surface area contributed by atoms with Crippen molar-refractivity contribution in [2.24, 2.45) is 17.8 Å². The van der Waals surface area contributed by atoms with Crippen molar-refractivity contribution >= 4 is 18.2 Å². The van der Waals surface area contributed by atoms with Crippen LogP contribution in [0.25, 0.3) is 0 Å². The fourth-order valence-corrected chi connectivity index (χ4v) is 3.44. The SMILES string of the molecule is COC(=O)CCCCCC[C@@H]1[C@@H](C=O)[C@H](C)C[C@@H]1OC(C)=O. The number of aldehydes is 1. The van der Waals surface area contributed by atoms with Crippen LogP contribution in [-0.4, -0.2) is 31.4 Å². The quantitative estimate of drug-likeness (QED) is 0.372. The number of hydrogen-bond donors (Lipinski definition) is 0. The van der Waals surface area contributed by atoms with Crippen molar-refractivity contribution in [3.05, 3.63) is 0 Å².